The molecule has 0 bridgehead atoms. The first kappa shape index (κ1) is 21.3. The van der Waals surface area contributed by atoms with E-state index >= 15 is 0 Å². The third-order valence-corrected chi connectivity index (χ3v) is 5.73. The highest BCUT2D eigenvalue weighted by atomic mass is 16.5. The molecular formula is C24H30N4O3. The van der Waals surface area contributed by atoms with E-state index in [2.05, 4.69) is 53.3 Å². The van der Waals surface area contributed by atoms with E-state index in [0.717, 1.165) is 30.7 Å². The summed E-state index contributed by atoms with van der Waals surface area (Å²) in [4.78, 5) is 19.3. The van der Waals surface area contributed by atoms with Crippen LogP contribution in [0, 0.1) is 5.92 Å². The lowest BCUT2D eigenvalue weighted by atomic mass is 9.87. The van der Waals surface area contributed by atoms with Crippen LogP contribution in [0.25, 0.3) is 11.4 Å². The van der Waals surface area contributed by atoms with Crippen molar-refractivity contribution in [2.24, 2.45) is 5.92 Å². The molecule has 2 aromatic heterocycles. The van der Waals surface area contributed by atoms with Crippen molar-refractivity contribution in [3.05, 3.63) is 59.9 Å². The van der Waals surface area contributed by atoms with Crippen LogP contribution in [0.4, 0.5) is 0 Å². The Balaban J connectivity index is 1.33. The van der Waals surface area contributed by atoms with Crippen molar-refractivity contribution in [3.63, 3.8) is 0 Å². The maximum atomic E-state index is 12.5. The molecule has 164 valence electrons. The van der Waals surface area contributed by atoms with Crippen molar-refractivity contribution in [2.75, 3.05) is 13.1 Å². The molecule has 1 amide bonds. The van der Waals surface area contributed by atoms with E-state index in [9.17, 15) is 4.79 Å². The smallest absolute Gasteiger partial charge is 0.241 e. The molecule has 7 nitrogen and oxygen atoms in total. The second-order valence-corrected chi connectivity index (χ2v) is 9.21. The lowest BCUT2D eigenvalue weighted by Gasteiger charge is -2.30. The third kappa shape index (κ3) is 5.41. The molecule has 1 aliphatic heterocycles. The molecule has 4 rings (SSSR count). The largest absolute Gasteiger partial charge is 0.467 e. The van der Waals surface area contributed by atoms with Gasteiger partial charge in [-0.1, -0.05) is 50.2 Å². The highest BCUT2D eigenvalue weighted by Gasteiger charge is 2.27. The van der Waals surface area contributed by atoms with E-state index in [1.807, 2.05) is 24.3 Å². The summed E-state index contributed by atoms with van der Waals surface area (Å²) in [7, 11) is 0. The Morgan fingerprint density at radius 3 is 2.74 bits per heavy atom. The van der Waals surface area contributed by atoms with Crippen LogP contribution in [0.1, 0.15) is 50.8 Å². The zero-order valence-electron chi connectivity index (χ0n) is 18.4. The lowest BCUT2D eigenvalue weighted by Crippen LogP contribution is -2.42. The van der Waals surface area contributed by atoms with Crippen molar-refractivity contribution in [3.8, 4) is 11.4 Å². The Kier molecular flexibility index (Phi) is 6.23. The van der Waals surface area contributed by atoms with Gasteiger partial charge in [0.15, 0.2) is 0 Å². The zero-order valence-corrected chi connectivity index (χ0v) is 18.4. The quantitative estimate of drug-likeness (QED) is 0.642. The Hall–Kier alpha value is -2.93. The number of piperidine rings is 1. The van der Waals surface area contributed by atoms with Crippen LogP contribution in [-0.2, 0) is 23.3 Å². The molecule has 0 saturated carbocycles. The highest BCUT2D eigenvalue weighted by Crippen LogP contribution is 2.25. The average molecular weight is 423 g/mol. The molecule has 7 heteroatoms. The topological polar surface area (TPSA) is 84.4 Å². The molecule has 1 fully saturated rings. The predicted octanol–water partition coefficient (Wildman–Crippen LogP) is 4.16. The first-order valence-electron chi connectivity index (χ1n) is 10.8. The van der Waals surface area contributed by atoms with Crippen LogP contribution < -0.4 is 5.32 Å². The summed E-state index contributed by atoms with van der Waals surface area (Å²) in [5.41, 5.74) is 2.32. The molecule has 1 atom stereocenters. The van der Waals surface area contributed by atoms with Crippen LogP contribution in [-0.4, -0.2) is 34.0 Å². The van der Waals surface area contributed by atoms with Crippen molar-refractivity contribution >= 4 is 5.91 Å². The third-order valence-electron chi connectivity index (χ3n) is 5.73. The number of carbonyl (C=O) groups excluding carboxylic acids is 1. The number of amides is 1. The highest BCUT2D eigenvalue weighted by molar-refractivity contribution is 5.78. The molecule has 1 saturated heterocycles. The number of likely N-dealkylation sites (tertiary alicyclic amines) is 1. The maximum Gasteiger partial charge on any atom is 0.241 e. The fourth-order valence-corrected chi connectivity index (χ4v) is 3.89. The van der Waals surface area contributed by atoms with E-state index in [0.29, 0.717) is 31.3 Å². The number of nitrogens with zero attached hydrogens (tertiary/aromatic N) is 3. The van der Waals surface area contributed by atoms with E-state index in [1.54, 1.807) is 6.26 Å². The summed E-state index contributed by atoms with van der Waals surface area (Å²) in [6, 6.07) is 12.0. The minimum Gasteiger partial charge on any atom is -0.467 e. The number of aromatic nitrogens is 2. The molecule has 3 heterocycles. The summed E-state index contributed by atoms with van der Waals surface area (Å²) in [6.07, 6.45) is 3.46. The van der Waals surface area contributed by atoms with Gasteiger partial charge in [0.05, 0.1) is 25.3 Å². The molecule has 31 heavy (non-hydrogen) atoms. The standard InChI is InChI=1S/C24H30N4O3/c1-24(2,3)19-10-8-17(9-11-19)22-26-21(31-27-22)16-28-12-4-6-18(15-28)23(29)25-14-20-7-5-13-30-20/h5,7-11,13,18H,4,6,12,14-16H2,1-3H3,(H,25,29). The van der Waals surface area contributed by atoms with Gasteiger partial charge in [-0.05, 0) is 42.5 Å². The minimum absolute atomic E-state index is 0.0453. The summed E-state index contributed by atoms with van der Waals surface area (Å²) in [6.45, 7) is 9.15. The minimum atomic E-state index is -0.0453. The molecular weight excluding hydrogens is 392 g/mol. The van der Waals surface area contributed by atoms with Gasteiger partial charge in [0, 0.05) is 12.1 Å². The lowest BCUT2D eigenvalue weighted by molar-refractivity contribution is -0.127. The number of nitrogens with one attached hydrogen (secondary N) is 1. The molecule has 0 radical (unpaired) electrons. The Morgan fingerprint density at radius 2 is 2.03 bits per heavy atom. The fourth-order valence-electron chi connectivity index (χ4n) is 3.89. The summed E-state index contributed by atoms with van der Waals surface area (Å²) in [5, 5.41) is 7.12. The van der Waals surface area contributed by atoms with E-state index in [4.69, 9.17) is 8.94 Å². The van der Waals surface area contributed by atoms with Crippen LogP contribution in [0.3, 0.4) is 0 Å². The second-order valence-electron chi connectivity index (χ2n) is 9.21. The van der Waals surface area contributed by atoms with Gasteiger partial charge in [-0.15, -0.1) is 0 Å². The van der Waals surface area contributed by atoms with Crippen molar-refractivity contribution < 1.29 is 13.7 Å². The fraction of sp³-hybridized carbons (Fsp3) is 0.458. The van der Waals surface area contributed by atoms with Gasteiger partial charge in [0.2, 0.25) is 17.6 Å². The maximum absolute atomic E-state index is 12.5. The summed E-state index contributed by atoms with van der Waals surface area (Å²) in [5.74, 6) is 1.95. The van der Waals surface area contributed by atoms with Gasteiger partial charge in [0.1, 0.15) is 5.76 Å². The van der Waals surface area contributed by atoms with Gasteiger partial charge < -0.3 is 14.3 Å². The van der Waals surface area contributed by atoms with Crippen molar-refractivity contribution in [1.29, 1.82) is 0 Å². The van der Waals surface area contributed by atoms with Gasteiger partial charge in [-0.3, -0.25) is 9.69 Å². The number of hydrogen-bond acceptors (Lipinski definition) is 6. The predicted molar refractivity (Wildman–Crippen MR) is 117 cm³/mol. The normalized spacial score (nSPS) is 17.6. The second kappa shape index (κ2) is 9.06. The molecule has 0 spiro atoms. The number of furan rings is 1. The summed E-state index contributed by atoms with van der Waals surface area (Å²) < 4.78 is 10.8. The molecule has 1 aromatic carbocycles. The van der Waals surface area contributed by atoms with E-state index in [-0.39, 0.29) is 17.2 Å². The van der Waals surface area contributed by atoms with Gasteiger partial charge in [-0.2, -0.15) is 4.98 Å². The Bertz CT molecular complexity index is 987. The monoisotopic (exact) mass is 422 g/mol. The molecule has 3 aromatic rings. The van der Waals surface area contributed by atoms with E-state index < -0.39 is 0 Å². The van der Waals surface area contributed by atoms with E-state index in [1.165, 1.54) is 5.56 Å². The summed E-state index contributed by atoms with van der Waals surface area (Å²) >= 11 is 0. The van der Waals surface area contributed by atoms with Gasteiger partial charge in [0.25, 0.3) is 0 Å². The van der Waals surface area contributed by atoms with Crippen LogP contribution in [0.2, 0.25) is 0 Å². The number of benzene rings is 1. The van der Waals surface area contributed by atoms with Crippen LogP contribution in [0.15, 0.2) is 51.6 Å². The Labute approximate surface area is 182 Å². The molecule has 1 aliphatic rings. The van der Waals surface area contributed by atoms with Gasteiger partial charge in [-0.25, -0.2) is 0 Å². The SMILES string of the molecule is CC(C)(C)c1ccc(-c2noc(CN3CCCC(C(=O)NCc4ccco4)C3)n2)cc1. The molecule has 1 unspecified atom stereocenters. The first-order valence-corrected chi connectivity index (χ1v) is 10.8. The first-order chi connectivity index (χ1) is 14.9. The van der Waals surface area contributed by atoms with Crippen molar-refractivity contribution in [1.82, 2.24) is 20.4 Å². The average Bonchev–Trinajstić information content (AvgIpc) is 3.44. The Morgan fingerprint density at radius 1 is 1.23 bits per heavy atom. The van der Waals surface area contributed by atoms with Crippen molar-refractivity contribution in [2.45, 2.75) is 52.1 Å². The van der Waals surface area contributed by atoms with Gasteiger partial charge >= 0.3 is 0 Å². The van der Waals surface area contributed by atoms with Crippen LogP contribution >= 0.6 is 0 Å². The number of rotatable bonds is 6. The zero-order chi connectivity index (χ0) is 21.8. The van der Waals surface area contributed by atoms with Crippen LogP contribution in [0.5, 0.6) is 0 Å². The number of hydrogen-bond donors (Lipinski definition) is 1. The molecule has 1 N–H and O–H groups in total. The molecule has 0 aliphatic carbocycles. The number of carbonyl (C=O) groups is 1.